The number of hydrogen-bond acceptors (Lipinski definition) is 3. The molecule has 6 heteroatoms. The van der Waals surface area contributed by atoms with Crippen molar-refractivity contribution in [2.24, 2.45) is 0 Å². The van der Waals surface area contributed by atoms with Crippen molar-refractivity contribution in [3.63, 3.8) is 0 Å². The van der Waals surface area contributed by atoms with Crippen molar-refractivity contribution in [1.82, 2.24) is 10.2 Å². The molecule has 100 valence electrons. The smallest absolute Gasteiger partial charge is 0.154 e. The third kappa shape index (κ3) is 2.03. The normalized spacial score (nSPS) is 10.9. The standard InChI is InChI=1S/C14H8BrClFN3/c15-10-6-5-9(12(17)11(10)16)13-7-3-1-2-4-8(7)14(18)20-19-13/h1-6H,(H2,18,20). The van der Waals surface area contributed by atoms with E-state index in [2.05, 4.69) is 26.1 Å². The summed E-state index contributed by atoms with van der Waals surface area (Å²) in [6, 6.07) is 10.6. The molecule has 1 heterocycles. The van der Waals surface area contributed by atoms with Crippen molar-refractivity contribution in [2.45, 2.75) is 0 Å². The molecule has 2 N–H and O–H groups in total. The van der Waals surface area contributed by atoms with Crippen LogP contribution < -0.4 is 5.73 Å². The summed E-state index contributed by atoms with van der Waals surface area (Å²) in [6.45, 7) is 0. The number of nitrogens with two attached hydrogens (primary N) is 1. The minimum absolute atomic E-state index is 0.0187. The lowest BCUT2D eigenvalue weighted by Crippen LogP contribution is -1.99. The Kier molecular flexibility index (Phi) is 3.31. The van der Waals surface area contributed by atoms with Crippen molar-refractivity contribution in [3.05, 3.63) is 51.7 Å². The van der Waals surface area contributed by atoms with Gasteiger partial charge in [0.1, 0.15) is 5.69 Å². The molecule has 0 saturated heterocycles. The van der Waals surface area contributed by atoms with Gasteiger partial charge in [-0.2, -0.15) is 0 Å². The number of anilines is 1. The zero-order valence-corrected chi connectivity index (χ0v) is 12.4. The Hall–Kier alpha value is -1.72. The van der Waals surface area contributed by atoms with Gasteiger partial charge in [-0.1, -0.05) is 35.9 Å². The molecule has 0 aliphatic rings. The summed E-state index contributed by atoms with van der Waals surface area (Å²) in [5.41, 5.74) is 6.51. The maximum Gasteiger partial charge on any atom is 0.154 e. The van der Waals surface area contributed by atoms with Crippen LogP contribution in [0, 0.1) is 5.82 Å². The summed E-state index contributed by atoms with van der Waals surface area (Å²) < 4.78 is 14.8. The monoisotopic (exact) mass is 351 g/mol. The first-order valence-electron chi connectivity index (χ1n) is 5.74. The molecule has 0 radical (unpaired) electrons. The topological polar surface area (TPSA) is 51.8 Å². The molecule has 0 spiro atoms. The lowest BCUT2D eigenvalue weighted by molar-refractivity contribution is 0.630. The van der Waals surface area contributed by atoms with Gasteiger partial charge in [0.25, 0.3) is 0 Å². The predicted molar refractivity (Wildman–Crippen MR) is 82.1 cm³/mol. The van der Waals surface area contributed by atoms with Crippen molar-refractivity contribution in [1.29, 1.82) is 0 Å². The maximum atomic E-state index is 14.3. The summed E-state index contributed by atoms with van der Waals surface area (Å²) in [5, 5.41) is 9.39. The van der Waals surface area contributed by atoms with Gasteiger partial charge in [0.05, 0.1) is 5.02 Å². The fourth-order valence-corrected chi connectivity index (χ4v) is 2.50. The minimum Gasteiger partial charge on any atom is -0.382 e. The molecule has 0 saturated carbocycles. The highest BCUT2D eigenvalue weighted by Crippen LogP contribution is 2.35. The van der Waals surface area contributed by atoms with Crippen LogP contribution in [0.25, 0.3) is 22.0 Å². The molecular weight excluding hydrogens is 345 g/mol. The maximum absolute atomic E-state index is 14.3. The summed E-state index contributed by atoms with van der Waals surface area (Å²) in [5.74, 6) is -0.224. The van der Waals surface area contributed by atoms with Gasteiger partial charge < -0.3 is 5.73 Å². The molecule has 0 fully saturated rings. The van der Waals surface area contributed by atoms with Gasteiger partial charge in [-0.25, -0.2) is 4.39 Å². The Labute approximate surface area is 127 Å². The van der Waals surface area contributed by atoms with E-state index >= 15 is 0 Å². The Morgan fingerprint density at radius 2 is 1.75 bits per heavy atom. The molecule has 0 atom stereocenters. The SMILES string of the molecule is Nc1nnc(-c2ccc(Br)c(Cl)c2F)c2ccccc12. The van der Waals surface area contributed by atoms with Gasteiger partial charge in [0.15, 0.2) is 11.6 Å². The van der Waals surface area contributed by atoms with Gasteiger partial charge >= 0.3 is 0 Å². The number of rotatable bonds is 1. The van der Waals surface area contributed by atoms with E-state index in [0.29, 0.717) is 21.5 Å². The van der Waals surface area contributed by atoms with Crippen LogP contribution in [-0.4, -0.2) is 10.2 Å². The highest BCUT2D eigenvalue weighted by molar-refractivity contribution is 9.10. The van der Waals surface area contributed by atoms with Gasteiger partial charge in [-0.05, 0) is 28.1 Å². The molecule has 2 aromatic carbocycles. The first-order chi connectivity index (χ1) is 9.59. The predicted octanol–water partition coefficient (Wildman–Crippen LogP) is 4.43. The third-order valence-electron chi connectivity index (χ3n) is 3.01. The van der Waals surface area contributed by atoms with E-state index in [1.165, 1.54) is 0 Å². The van der Waals surface area contributed by atoms with Crippen molar-refractivity contribution in [2.75, 3.05) is 5.73 Å². The van der Waals surface area contributed by atoms with Crippen LogP contribution in [0.3, 0.4) is 0 Å². The lowest BCUT2D eigenvalue weighted by atomic mass is 10.0. The van der Waals surface area contributed by atoms with E-state index in [-0.39, 0.29) is 5.02 Å². The Bertz CT molecular complexity index is 823. The first-order valence-corrected chi connectivity index (χ1v) is 6.91. The molecule has 0 aliphatic heterocycles. The summed E-state index contributed by atoms with van der Waals surface area (Å²) in [6.07, 6.45) is 0. The quantitative estimate of drug-likeness (QED) is 0.659. The zero-order chi connectivity index (χ0) is 14.3. The summed E-state index contributed by atoms with van der Waals surface area (Å²) in [4.78, 5) is 0. The van der Waals surface area contributed by atoms with E-state index < -0.39 is 5.82 Å². The van der Waals surface area contributed by atoms with Crippen LogP contribution in [0.4, 0.5) is 10.2 Å². The van der Waals surface area contributed by atoms with Gasteiger partial charge in [0, 0.05) is 20.8 Å². The van der Waals surface area contributed by atoms with E-state index in [0.717, 1.165) is 10.8 Å². The Morgan fingerprint density at radius 3 is 2.50 bits per heavy atom. The highest BCUT2D eigenvalue weighted by atomic mass is 79.9. The minimum atomic E-state index is -0.537. The third-order valence-corrected chi connectivity index (χ3v) is 4.26. The Balaban J connectivity index is 2.36. The molecule has 3 nitrogen and oxygen atoms in total. The fraction of sp³-hybridized carbons (Fsp3) is 0. The number of halogens is 3. The molecular formula is C14H8BrClFN3. The van der Waals surface area contributed by atoms with Crippen LogP contribution in [0.5, 0.6) is 0 Å². The van der Waals surface area contributed by atoms with E-state index in [1.807, 2.05) is 24.3 Å². The number of hydrogen-bond donors (Lipinski definition) is 1. The number of aromatic nitrogens is 2. The van der Waals surface area contributed by atoms with Crippen LogP contribution in [0.2, 0.25) is 5.02 Å². The van der Waals surface area contributed by atoms with E-state index in [9.17, 15) is 4.39 Å². The number of benzene rings is 2. The fourth-order valence-electron chi connectivity index (χ4n) is 2.03. The Morgan fingerprint density at radius 1 is 1.05 bits per heavy atom. The van der Waals surface area contributed by atoms with Crippen LogP contribution in [0.15, 0.2) is 40.9 Å². The second-order valence-electron chi connectivity index (χ2n) is 4.20. The van der Waals surface area contributed by atoms with Gasteiger partial charge in [-0.3, -0.25) is 0 Å². The van der Waals surface area contributed by atoms with Crippen LogP contribution in [-0.2, 0) is 0 Å². The zero-order valence-electron chi connectivity index (χ0n) is 10.1. The average molecular weight is 353 g/mol. The summed E-state index contributed by atoms with van der Waals surface area (Å²) >= 11 is 9.11. The highest BCUT2D eigenvalue weighted by Gasteiger charge is 2.16. The first kappa shape index (κ1) is 13.3. The van der Waals surface area contributed by atoms with Crippen molar-refractivity contribution < 1.29 is 4.39 Å². The second kappa shape index (κ2) is 5.00. The van der Waals surface area contributed by atoms with Crippen LogP contribution >= 0.6 is 27.5 Å². The molecule has 0 bridgehead atoms. The number of nitrogen functional groups attached to an aromatic ring is 1. The molecule has 1 aromatic heterocycles. The van der Waals surface area contributed by atoms with E-state index in [1.54, 1.807) is 12.1 Å². The average Bonchev–Trinajstić information content (AvgIpc) is 2.47. The molecule has 0 unspecified atom stereocenters. The van der Waals surface area contributed by atoms with Crippen molar-refractivity contribution >= 4 is 44.1 Å². The number of nitrogens with zero attached hydrogens (tertiary/aromatic N) is 2. The molecule has 0 aliphatic carbocycles. The molecule has 0 amide bonds. The van der Waals surface area contributed by atoms with Crippen LogP contribution in [0.1, 0.15) is 0 Å². The summed E-state index contributed by atoms with van der Waals surface area (Å²) in [7, 11) is 0. The molecule has 3 aromatic rings. The lowest BCUT2D eigenvalue weighted by Gasteiger charge is -2.09. The molecule has 3 rings (SSSR count). The number of fused-ring (bicyclic) bond motifs is 1. The van der Waals surface area contributed by atoms with Crippen molar-refractivity contribution in [3.8, 4) is 11.3 Å². The van der Waals surface area contributed by atoms with E-state index in [4.69, 9.17) is 17.3 Å². The van der Waals surface area contributed by atoms with Gasteiger partial charge in [0.2, 0.25) is 0 Å². The largest absolute Gasteiger partial charge is 0.382 e. The molecule has 20 heavy (non-hydrogen) atoms. The van der Waals surface area contributed by atoms with Gasteiger partial charge in [-0.15, -0.1) is 10.2 Å². The second-order valence-corrected chi connectivity index (χ2v) is 5.43.